The van der Waals surface area contributed by atoms with E-state index in [-0.39, 0.29) is 23.5 Å². The number of fused-ring (bicyclic) bond motifs is 1. The van der Waals surface area contributed by atoms with E-state index in [1.165, 1.54) is 6.42 Å². The van der Waals surface area contributed by atoms with E-state index >= 15 is 0 Å². The zero-order chi connectivity index (χ0) is 29.1. The van der Waals surface area contributed by atoms with Crippen LogP contribution >= 0.6 is 11.6 Å². The zero-order valence-electron chi connectivity index (χ0n) is 23.9. The molecule has 1 fully saturated rings. The van der Waals surface area contributed by atoms with Crippen LogP contribution in [0.5, 0.6) is 0 Å². The number of hydrogen-bond donors (Lipinski definition) is 2. The molecule has 40 heavy (non-hydrogen) atoms. The number of aliphatic hydroxyl groups excluding tert-OH is 1. The van der Waals surface area contributed by atoms with Crippen molar-refractivity contribution in [1.29, 1.82) is 0 Å². The maximum atomic E-state index is 14.1. The van der Waals surface area contributed by atoms with Gasteiger partial charge in [-0.05, 0) is 82.2 Å². The lowest BCUT2D eigenvalue weighted by atomic mass is 9.83. The molecule has 2 N–H and O–H groups in total. The molecule has 1 aliphatic heterocycles. The molecule has 1 heterocycles. The van der Waals surface area contributed by atoms with Gasteiger partial charge in [0.2, 0.25) is 10.0 Å². The van der Waals surface area contributed by atoms with Gasteiger partial charge >= 0.3 is 6.09 Å². The van der Waals surface area contributed by atoms with Crippen molar-refractivity contribution >= 4 is 39.1 Å². The van der Waals surface area contributed by atoms with Crippen molar-refractivity contribution in [2.24, 2.45) is 5.92 Å². The third-order valence-corrected chi connectivity index (χ3v) is 10.1. The number of likely N-dealkylation sites (N-methyl/N-ethyl adjacent to an activating group) is 1. The van der Waals surface area contributed by atoms with Crippen LogP contribution in [0.25, 0.3) is 0 Å². The molecular weight excluding hydrogens is 550 g/mol. The largest absolute Gasteiger partial charge is 0.444 e. The van der Waals surface area contributed by atoms with Gasteiger partial charge in [0.25, 0.3) is 0 Å². The first-order valence-corrected chi connectivity index (χ1v) is 16.0. The van der Waals surface area contributed by atoms with Gasteiger partial charge in [-0.15, -0.1) is 0 Å². The molecular formula is C30H42ClN3O5S. The Morgan fingerprint density at radius 1 is 1.15 bits per heavy atom. The summed E-state index contributed by atoms with van der Waals surface area (Å²) in [5, 5.41) is 13.0. The molecule has 2 aromatic carbocycles. The van der Waals surface area contributed by atoms with E-state index in [0.717, 1.165) is 31.4 Å². The molecule has 1 aliphatic carbocycles. The number of rotatable bonds is 7. The van der Waals surface area contributed by atoms with Crippen molar-refractivity contribution in [3.63, 3.8) is 0 Å². The first-order valence-electron chi connectivity index (χ1n) is 14.1. The zero-order valence-corrected chi connectivity index (χ0v) is 25.5. The standard InChI is InChI=1S/C30H42ClN3O5S/c1-30(2,3)39-29(36)32-23(20-35)16-15-22-17-28-26(18-25(22)31)34(24-13-9-6-10-14-24)19-27(33(4)40(28,37)38)21-11-7-5-8-12-21/h6,9-10,13-14,17-18,21,23,27,35H,5,7-8,11-12,15-16,19-20H2,1-4H3,(H,32,36)/t23-,27-/m0/s1. The van der Waals surface area contributed by atoms with Crippen LogP contribution in [0.1, 0.15) is 64.9 Å². The fourth-order valence-corrected chi connectivity index (χ4v) is 7.64. The number of ether oxygens (including phenoxy) is 1. The highest BCUT2D eigenvalue weighted by atomic mass is 35.5. The molecule has 0 bridgehead atoms. The lowest BCUT2D eigenvalue weighted by Crippen LogP contribution is -2.46. The Morgan fingerprint density at radius 2 is 1.82 bits per heavy atom. The molecule has 8 nitrogen and oxygen atoms in total. The maximum absolute atomic E-state index is 14.1. The quantitative estimate of drug-likeness (QED) is 0.417. The molecule has 0 saturated heterocycles. The molecule has 0 radical (unpaired) electrons. The van der Waals surface area contributed by atoms with Crippen LogP contribution in [-0.4, -0.2) is 61.8 Å². The van der Waals surface area contributed by atoms with Gasteiger partial charge in [-0.25, -0.2) is 13.2 Å². The monoisotopic (exact) mass is 591 g/mol. The second-order valence-corrected chi connectivity index (χ2v) is 14.3. The minimum Gasteiger partial charge on any atom is -0.444 e. The summed E-state index contributed by atoms with van der Waals surface area (Å²) in [6, 6.07) is 12.5. The molecule has 2 atom stereocenters. The predicted octanol–water partition coefficient (Wildman–Crippen LogP) is 5.88. The molecule has 0 aromatic heterocycles. The Balaban J connectivity index is 1.67. The SMILES string of the molecule is CN1[C@H](C2CCCCC2)CN(c2ccccc2)c2cc(Cl)c(CC[C@@H](CO)NC(=O)OC(C)(C)C)cc2S1(=O)=O. The molecule has 0 unspecified atom stereocenters. The highest BCUT2D eigenvalue weighted by molar-refractivity contribution is 7.89. The van der Waals surface area contributed by atoms with Crippen LogP contribution < -0.4 is 10.2 Å². The average Bonchev–Trinajstić information content (AvgIpc) is 2.99. The third-order valence-electron chi connectivity index (χ3n) is 7.88. The Kier molecular flexibility index (Phi) is 9.70. The summed E-state index contributed by atoms with van der Waals surface area (Å²) in [6.07, 6.45) is 5.57. The minimum atomic E-state index is -3.83. The molecule has 1 amide bonds. The van der Waals surface area contributed by atoms with Gasteiger partial charge in [0.15, 0.2) is 0 Å². The van der Waals surface area contributed by atoms with Crippen molar-refractivity contribution in [2.45, 2.75) is 88.3 Å². The third kappa shape index (κ3) is 7.11. The second-order valence-electron chi connectivity index (χ2n) is 11.9. The van der Waals surface area contributed by atoms with Crippen molar-refractivity contribution in [2.75, 3.05) is 25.1 Å². The fraction of sp³-hybridized carbons (Fsp3) is 0.567. The number of carbonyl (C=O) groups excluding carboxylic acids is 1. The van der Waals surface area contributed by atoms with E-state index in [9.17, 15) is 18.3 Å². The number of para-hydroxylation sites is 1. The molecule has 220 valence electrons. The van der Waals surface area contributed by atoms with Gasteiger partial charge in [-0.1, -0.05) is 49.1 Å². The van der Waals surface area contributed by atoms with Gasteiger partial charge in [0.1, 0.15) is 10.5 Å². The van der Waals surface area contributed by atoms with Crippen molar-refractivity contribution < 1.29 is 23.1 Å². The van der Waals surface area contributed by atoms with E-state index in [0.29, 0.717) is 35.7 Å². The maximum Gasteiger partial charge on any atom is 0.407 e. The number of amides is 1. The number of carbonyl (C=O) groups is 1. The Morgan fingerprint density at radius 3 is 2.45 bits per heavy atom. The molecule has 10 heteroatoms. The lowest BCUT2D eigenvalue weighted by Gasteiger charge is -2.36. The molecule has 2 aromatic rings. The Hall–Kier alpha value is -2.33. The van der Waals surface area contributed by atoms with Crippen LogP contribution in [-0.2, 0) is 21.2 Å². The first kappa shape index (κ1) is 30.6. The van der Waals surface area contributed by atoms with Crippen LogP contribution in [0, 0.1) is 5.92 Å². The lowest BCUT2D eigenvalue weighted by molar-refractivity contribution is 0.0479. The van der Waals surface area contributed by atoms with E-state index in [2.05, 4.69) is 10.2 Å². The average molecular weight is 592 g/mol. The first-order chi connectivity index (χ1) is 18.9. The van der Waals surface area contributed by atoms with Crippen LogP contribution in [0.3, 0.4) is 0 Å². The van der Waals surface area contributed by atoms with Gasteiger partial charge in [0.05, 0.1) is 18.3 Å². The normalized spacial score (nSPS) is 20.9. The number of aliphatic hydroxyl groups is 1. The van der Waals surface area contributed by atoms with Crippen molar-refractivity contribution in [1.82, 2.24) is 9.62 Å². The minimum absolute atomic E-state index is 0.170. The van der Waals surface area contributed by atoms with E-state index in [1.807, 2.05) is 30.3 Å². The molecule has 2 aliphatic rings. The number of nitrogens with one attached hydrogen (secondary N) is 1. The summed E-state index contributed by atoms with van der Waals surface area (Å²) < 4.78 is 35.1. The number of sulfonamides is 1. The van der Waals surface area contributed by atoms with Gasteiger partial charge in [0, 0.05) is 30.3 Å². The van der Waals surface area contributed by atoms with Crippen molar-refractivity contribution in [3.05, 3.63) is 53.1 Å². The Bertz CT molecular complexity index is 1280. The number of nitrogens with zero attached hydrogens (tertiary/aromatic N) is 2. The van der Waals surface area contributed by atoms with E-state index in [1.54, 1.807) is 44.3 Å². The van der Waals surface area contributed by atoms with Gasteiger partial charge < -0.3 is 20.1 Å². The van der Waals surface area contributed by atoms with E-state index < -0.39 is 27.8 Å². The van der Waals surface area contributed by atoms with Crippen LogP contribution in [0.2, 0.25) is 5.02 Å². The molecule has 1 saturated carbocycles. The summed E-state index contributed by atoms with van der Waals surface area (Å²) in [5.74, 6) is 0.285. The van der Waals surface area contributed by atoms with E-state index in [4.69, 9.17) is 16.3 Å². The number of aryl methyl sites for hydroxylation is 1. The summed E-state index contributed by atoms with van der Waals surface area (Å²) >= 11 is 6.79. The number of alkyl carbamates (subject to hydrolysis) is 1. The summed E-state index contributed by atoms with van der Waals surface area (Å²) in [7, 11) is -2.12. The smallest absolute Gasteiger partial charge is 0.407 e. The number of anilines is 2. The Labute approximate surface area is 243 Å². The molecule has 0 spiro atoms. The topological polar surface area (TPSA) is 99.2 Å². The summed E-state index contributed by atoms with van der Waals surface area (Å²) in [5.41, 5.74) is 1.47. The predicted molar refractivity (Wildman–Crippen MR) is 159 cm³/mol. The highest BCUT2D eigenvalue weighted by Gasteiger charge is 2.41. The summed E-state index contributed by atoms with van der Waals surface area (Å²) in [6.45, 7) is 5.56. The second kappa shape index (κ2) is 12.7. The number of hydrogen-bond acceptors (Lipinski definition) is 6. The van der Waals surface area contributed by atoms with Gasteiger partial charge in [-0.3, -0.25) is 0 Å². The van der Waals surface area contributed by atoms with Crippen molar-refractivity contribution in [3.8, 4) is 0 Å². The van der Waals surface area contributed by atoms with Crippen LogP contribution in [0.15, 0.2) is 47.4 Å². The van der Waals surface area contributed by atoms with Crippen LogP contribution in [0.4, 0.5) is 16.2 Å². The summed E-state index contributed by atoms with van der Waals surface area (Å²) in [4.78, 5) is 14.5. The fourth-order valence-electron chi connectivity index (χ4n) is 5.76. The number of halogens is 1. The number of benzene rings is 2. The van der Waals surface area contributed by atoms with Gasteiger partial charge in [-0.2, -0.15) is 4.31 Å². The highest BCUT2D eigenvalue weighted by Crippen LogP contribution is 2.42. The molecule has 4 rings (SSSR count).